The molecule has 0 unspecified atom stereocenters. The van der Waals surface area contributed by atoms with Crippen molar-refractivity contribution in [1.82, 2.24) is 4.31 Å². The molecule has 1 amide bonds. The standard InChI is InChI=1S/C23H23BrN2O3S/c24-21-7-3-4-17(14-21)16-30(28,29)26-12-10-19(11-13-26)23(27)25-22-9-8-18-5-1-2-6-20(18)15-22/h1-9,14-15,19H,10-13,16H2,(H,25,27). The lowest BCUT2D eigenvalue weighted by Gasteiger charge is -2.30. The molecule has 1 N–H and O–H groups in total. The second-order valence-electron chi connectivity index (χ2n) is 7.61. The lowest BCUT2D eigenvalue weighted by Crippen LogP contribution is -2.41. The van der Waals surface area contributed by atoms with Crippen molar-refractivity contribution in [3.63, 3.8) is 0 Å². The number of sulfonamides is 1. The minimum absolute atomic E-state index is 0.0274. The van der Waals surface area contributed by atoms with Crippen molar-refractivity contribution < 1.29 is 13.2 Å². The predicted molar refractivity (Wildman–Crippen MR) is 124 cm³/mol. The molecule has 156 valence electrons. The summed E-state index contributed by atoms with van der Waals surface area (Å²) in [5, 5.41) is 5.19. The van der Waals surface area contributed by atoms with Crippen molar-refractivity contribution in [1.29, 1.82) is 0 Å². The summed E-state index contributed by atoms with van der Waals surface area (Å²) in [6.07, 6.45) is 1.05. The van der Waals surface area contributed by atoms with E-state index in [1.54, 1.807) is 0 Å². The number of nitrogens with zero attached hydrogens (tertiary/aromatic N) is 1. The van der Waals surface area contributed by atoms with Crippen LogP contribution in [-0.2, 0) is 20.6 Å². The molecular formula is C23H23BrN2O3S. The van der Waals surface area contributed by atoms with Crippen molar-refractivity contribution >= 4 is 48.3 Å². The molecule has 0 radical (unpaired) electrons. The zero-order chi connectivity index (χ0) is 21.1. The lowest BCUT2D eigenvalue weighted by atomic mass is 9.97. The summed E-state index contributed by atoms with van der Waals surface area (Å²) in [5.41, 5.74) is 1.52. The van der Waals surface area contributed by atoms with E-state index in [0.717, 1.165) is 26.5 Å². The number of nitrogens with one attached hydrogen (secondary N) is 1. The molecule has 30 heavy (non-hydrogen) atoms. The lowest BCUT2D eigenvalue weighted by molar-refractivity contribution is -0.120. The first-order valence-corrected chi connectivity index (χ1v) is 12.3. The highest BCUT2D eigenvalue weighted by atomic mass is 79.9. The Labute approximate surface area is 185 Å². The molecule has 3 aromatic carbocycles. The zero-order valence-electron chi connectivity index (χ0n) is 16.4. The topological polar surface area (TPSA) is 66.5 Å². The Hall–Kier alpha value is -2.22. The van der Waals surface area contributed by atoms with Gasteiger partial charge in [-0.05, 0) is 53.4 Å². The number of halogens is 1. The van der Waals surface area contributed by atoms with Crippen LogP contribution < -0.4 is 5.32 Å². The van der Waals surface area contributed by atoms with Crippen LogP contribution in [0.2, 0.25) is 0 Å². The van der Waals surface area contributed by atoms with Gasteiger partial charge in [0.05, 0.1) is 5.75 Å². The van der Waals surface area contributed by atoms with Crippen LogP contribution >= 0.6 is 15.9 Å². The fourth-order valence-electron chi connectivity index (χ4n) is 3.84. The summed E-state index contributed by atoms with van der Waals surface area (Å²) in [6.45, 7) is 0.734. The van der Waals surface area contributed by atoms with E-state index in [0.29, 0.717) is 25.9 Å². The Balaban J connectivity index is 1.35. The number of benzene rings is 3. The van der Waals surface area contributed by atoms with Crippen LogP contribution in [-0.4, -0.2) is 31.7 Å². The molecule has 0 atom stereocenters. The van der Waals surface area contributed by atoms with Gasteiger partial charge in [0.15, 0.2) is 0 Å². The van der Waals surface area contributed by atoms with Gasteiger partial charge in [-0.15, -0.1) is 0 Å². The molecule has 0 aliphatic carbocycles. The number of amides is 1. The van der Waals surface area contributed by atoms with Crippen molar-refractivity contribution in [3.05, 3.63) is 76.8 Å². The fourth-order valence-corrected chi connectivity index (χ4v) is 5.83. The van der Waals surface area contributed by atoms with Gasteiger partial charge in [0.1, 0.15) is 0 Å². The number of anilines is 1. The van der Waals surface area contributed by atoms with Crippen LogP contribution in [0.1, 0.15) is 18.4 Å². The molecule has 5 nitrogen and oxygen atoms in total. The monoisotopic (exact) mass is 486 g/mol. The van der Waals surface area contributed by atoms with E-state index < -0.39 is 10.0 Å². The Bertz CT molecular complexity index is 1170. The van der Waals surface area contributed by atoms with Crippen LogP contribution in [0.15, 0.2) is 71.2 Å². The maximum absolute atomic E-state index is 12.8. The third-order valence-corrected chi connectivity index (χ3v) is 7.82. The van der Waals surface area contributed by atoms with Crippen LogP contribution in [0.3, 0.4) is 0 Å². The van der Waals surface area contributed by atoms with Gasteiger partial charge >= 0.3 is 0 Å². The second kappa shape index (κ2) is 8.88. The van der Waals surface area contributed by atoms with Gasteiger partial charge in [0.25, 0.3) is 0 Å². The summed E-state index contributed by atoms with van der Waals surface area (Å²) in [6, 6.07) is 21.2. The number of carbonyl (C=O) groups excluding carboxylic acids is 1. The third kappa shape index (κ3) is 4.91. The summed E-state index contributed by atoms with van der Waals surface area (Å²) < 4.78 is 27.9. The number of piperidine rings is 1. The average molecular weight is 487 g/mol. The smallest absolute Gasteiger partial charge is 0.227 e. The second-order valence-corrected chi connectivity index (χ2v) is 10.5. The number of carbonyl (C=O) groups is 1. The van der Waals surface area contributed by atoms with E-state index in [-0.39, 0.29) is 17.6 Å². The quantitative estimate of drug-likeness (QED) is 0.563. The first kappa shape index (κ1) is 21.0. The van der Waals surface area contributed by atoms with E-state index in [1.807, 2.05) is 66.7 Å². The molecule has 1 fully saturated rings. The van der Waals surface area contributed by atoms with E-state index >= 15 is 0 Å². The minimum atomic E-state index is -3.40. The zero-order valence-corrected chi connectivity index (χ0v) is 18.8. The van der Waals surface area contributed by atoms with Crippen molar-refractivity contribution in [2.45, 2.75) is 18.6 Å². The number of rotatable bonds is 5. The van der Waals surface area contributed by atoms with E-state index in [1.165, 1.54) is 4.31 Å². The highest BCUT2D eigenvalue weighted by Gasteiger charge is 2.31. The maximum Gasteiger partial charge on any atom is 0.227 e. The Morgan fingerprint density at radius 3 is 2.43 bits per heavy atom. The number of fused-ring (bicyclic) bond motifs is 1. The van der Waals surface area contributed by atoms with Crippen LogP contribution in [0.5, 0.6) is 0 Å². The third-order valence-electron chi connectivity index (χ3n) is 5.47. The molecule has 0 bridgehead atoms. The molecule has 0 spiro atoms. The Kier molecular flexibility index (Phi) is 6.22. The molecule has 1 saturated heterocycles. The minimum Gasteiger partial charge on any atom is -0.326 e. The van der Waals surface area contributed by atoms with Crippen LogP contribution in [0, 0.1) is 5.92 Å². The van der Waals surface area contributed by atoms with Gasteiger partial charge in [-0.25, -0.2) is 12.7 Å². The largest absolute Gasteiger partial charge is 0.326 e. The van der Waals surface area contributed by atoms with Gasteiger partial charge in [-0.2, -0.15) is 0 Å². The van der Waals surface area contributed by atoms with Gasteiger partial charge in [0, 0.05) is 29.2 Å². The van der Waals surface area contributed by atoms with Gasteiger partial charge in [0.2, 0.25) is 15.9 Å². The first-order valence-electron chi connectivity index (χ1n) is 9.93. The molecule has 1 heterocycles. The fraction of sp³-hybridized carbons (Fsp3) is 0.261. The van der Waals surface area contributed by atoms with E-state index in [2.05, 4.69) is 21.2 Å². The highest BCUT2D eigenvalue weighted by Crippen LogP contribution is 2.25. The molecule has 1 aliphatic heterocycles. The number of hydrogen-bond donors (Lipinski definition) is 1. The van der Waals surface area contributed by atoms with Gasteiger partial charge in [-0.1, -0.05) is 58.4 Å². The summed E-state index contributed by atoms with van der Waals surface area (Å²) in [7, 11) is -3.40. The van der Waals surface area contributed by atoms with Gasteiger partial charge < -0.3 is 5.32 Å². The summed E-state index contributed by atoms with van der Waals surface area (Å²) >= 11 is 3.38. The Morgan fingerprint density at radius 1 is 0.967 bits per heavy atom. The normalized spacial score (nSPS) is 15.9. The van der Waals surface area contributed by atoms with Crippen molar-refractivity contribution in [2.24, 2.45) is 5.92 Å². The molecule has 1 aliphatic rings. The molecule has 0 saturated carbocycles. The molecule has 3 aromatic rings. The molecular weight excluding hydrogens is 464 g/mol. The summed E-state index contributed by atoms with van der Waals surface area (Å²) in [5.74, 6) is -0.261. The SMILES string of the molecule is O=C(Nc1ccc2ccccc2c1)C1CCN(S(=O)(=O)Cc2cccc(Br)c2)CC1. The van der Waals surface area contributed by atoms with Crippen molar-refractivity contribution in [3.8, 4) is 0 Å². The Morgan fingerprint density at radius 2 is 1.70 bits per heavy atom. The first-order chi connectivity index (χ1) is 14.4. The van der Waals surface area contributed by atoms with E-state index in [9.17, 15) is 13.2 Å². The summed E-state index contributed by atoms with van der Waals surface area (Å²) in [4.78, 5) is 12.7. The van der Waals surface area contributed by atoms with Gasteiger partial charge in [-0.3, -0.25) is 4.79 Å². The highest BCUT2D eigenvalue weighted by molar-refractivity contribution is 9.10. The maximum atomic E-state index is 12.8. The average Bonchev–Trinajstić information content (AvgIpc) is 2.73. The molecule has 0 aromatic heterocycles. The molecule has 7 heteroatoms. The van der Waals surface area contributed by atoms with E-state index in [4.69, 9.17) is 0 Å². The number of hydrogen-bond acceptors (Lipinski definition) is 3. The van der Waals surface area contributed by atoms with Crippen molar-refractivity contribution in [2.75, 3.05) is 18.4 Å². The van der Waals surface area contributed by atoms with Crippen LogP contribution in [0.4, 0.5) is 5.69 Å². The predicted octanol–water partition coefficient (Wildman–Crippen LogP) is 4.78. The van der Waals surface area contributed by atoms with Crippen LogP contribution in [0.25, 0.3) is 10.8 Å². The molecule has 4 rings (SSSR count).